The summed E-state index contributed by atoms with van der Waals surface area (Å²) in [7, 11) is 0. The number of pyridine rings is 1. The van der Waals surface area contributed by atoms with Crippen LogP contribution in [0.2, 0.25) is 0 Å². The fraction of sp³-hybridized carbons (Fsp3) is 0.235. The molecule has 6 nitrogen and oxygen atoms in total. The summed E-state index contributed by atoms with van der Waals surface area (Å²) >= 11 is 0. The standard InChI is InChI=1S/C17H15F2N4O2/c1-17(20,10-11-6-3-2-4-7-11)15-23-22-14(25-15)12-8-5-9-13(21-12)24-16(18)19/h2-4,6-9,16H,10,20H2,1H3/t17-/m1/s1. The van der Waals surface area contributed by atoms with Crippen LogP contribution < -0.4 is 10.5 Å². The summed E-state index contributed by atoms with van der Waals surface area (Å²) in [5, 5.41) is 7.86. The van der Waals surface area contributed by atoms with E-state index in [1.54, 1.807) is 6.92 Å². The predicted octanol–water partition coefficient (Wildman–Crippen LogP) is 2.95. The molecule has 0 fully saturated rings. The molecule has 25 heavy (non-hydrogen) atoms. The van der Waals surface area contributed by atoms with Crippen molar-refractivity contribution in [2.45, 2.75) is 25.5 Å². The van der Waals surface area contributed by atoms with E-state index in [2.05, 4.69) is 26.0 Å². The number of halogens is 2. The molecular weight excluding hydrogens is 330 g/mol. The van der Waals surface area contributed by atoms with Crippen molar-refractivity contribution in [1.82, 2.24) is 15.2 Å². The Kier molecular flexibility index (Phi) is 4.71. The molecule has 2 aromatic heterocycles. The Balaban J connectivity index is 1.82. The Labute approximate surface area is 142 Å². The molecule has 1 atom stereocenters. The molecule has 0 aliphatic carbocycles. The Morgan fingerprint density at radius 2 is 2.00 bits per heavy atom. The summed E-state index contributed by atoms with van der Waals surface area (Å²) in [6.07, 6.45) is 0.490. The maximum atomic E-state index is 12.3. The summed E-state index contributed by atoms with van der Waals surface area (Å²) in [5.41, 5.74) is 6.61. The molecule has 0 bridgehead atoms. The van der Waals surface area contributed by atoms with Crippen molar-refractivity contribution in [3.05, 3.63) is 60.0 Å². The molecule has 0 unspecified atom stereocenters. The number of benzene rings is 1. The first-order chi connectivity index (χ1) is 11.9. The van der Waals surface area contributed by atoms with Crippen LogP contribution in [0, 0.1) is 6.07 Å². The topological polar surface area (TPSA) is 87.1 Å². The predicted molar refractivity (Wildman–Crippen MR) is 84.7 cm³/mol. The van der Waals surface area contributed by atoms with E-state index in [0.717, 1.165) is 5.56 Å². The van der Waals surface area contributed by atoms with Gasteiger partial charge in [-0.25, -0.2) is 4.98 Å². The van der Waals surface area contributed by atoms with E-state index in [1.807, 2.05) is 30.3 Å². The van der Waals surface area contributed by atoms with Crippen LogP contribution in [-0.4, -0.2) is 21.8 Å². The average Bonchev–Trinajstić information content (AvgIpc) is 3.06. The number of rotatable bonds is 6. The van der Waals surface area contributed by atoms with Crippen LogP contribution in [0.4, 0.5) is 8.78 Å². The van der Waals surface area contributed by atoms with Crippen molar-refractivity contribution < 1.29 is 17.9 Å². The van der Waals surface area contributed by atoms with Gasteiger partial charge >= 0.3 is 6.61 Å². The molecule has 0 amide bonds. The molecule has 8 heteroatoms. The second-order valence-electron chi connectivity index (χ2n) is 5.66. The molecule has 1 radical (unpaired) electrons. The van der Waals surface area contributed by atoms with E-state index in [0.29, 0.717) is 6.42 Å². The normalized spacial score (nSPS) is 13.6. The molecule has 1 aromatic carbocycles. The van der Waals surface area contributed by atoms with Gasteiger partial charge in [-0.3, -0.25) is 0 Å². The summed E-state index contributed by atoms with van der Waals surface area (Å²) in [6, 6.07) is 14.9. The lowest BCUT2D eigenvalue weighted by atomic mass is 9.94. The molecule has 0 aliphatic heterocycles. The molecule has 0 aliphatic rings. The van der Waals surface area contributed by atoms with E-state index in [9.17, 15) is 8.78 Å². The van der Waals surface area contributed by atoms with Gasteiger partial charge in [-0.05, 0) is 31.0 Å². The number of hydrogen-bond donors (Lipinski definition) is 1. The van der Waals surface area contributed by atoms with Crippen LogP contribution in [0.3, 0.4) is 0 Å². The van der Waals surface area contributed by atoms with Gasteiger partial charge in [0.2, 0.25) is 11.8 Å². The molecular formula is C17H15F2N4O2. The number of aromatic nitrogens is 3. The van der Waals surface area contributed by atoms with Crippen molar-refractivity contribution in [3.8, 4) is 17.5 Å². The second-order valence-corrected chi connectivity index (χ2v) is 5.66. The summed E-state index contributed by atoms with van der Waals surface area (Å²) in [5.74, 6) is -0.0175. The molecule has 3 rings (SSSR count). The lowest BCUT2D eigenvalue weighted by Crippen LogP contribution is -2.35. The third-order valence-electron chi connectivity index (χ3n) is 3.41. The Bertz CT molecular complexity index is 837. The van der Waals surface area contributed by atoms with Crippen molar-refractivity contribution in [3.63, 3.8) is 0 Å². The largest absolute Gasteiger partial charge is 0.417 e. The van der Waals surface area contributed by atoms with Crippen LogP contribution in [0.15, 0.2) is 46.9 Å². The maximum Gasteiger partial charge on any atom is 0.388 e. The zero-order chi connectivity index (χ0) is 17.9. The van der Waals surface area contributed by atoms with Crippen LogP contribution in [0.25, 0.3) is 11.6 Å². The minimum Gasteiger partial charge on any atom is -0.417 e. The van der Waals surface area contributed by atoms with E-state index in [-0.39, 0.29) is 23.4 Å². The zero-order valence-electron chi connectivity index (χ0n) is 13.3. The number of nitrogens with zero attached hydrogens (tertiary/aromatic N) is 3. The lowest BCUT2D eigenvalue weighted by molar-refractivity contribution is -0.0528. The average molecular weight is 345 g/mol. The number of nitrogens with two attached hydrogens (primary N) is 1. The number of ether oxygens (including phenoxy) is 1. The fourth-order valence-electron chi connectivity index (χ4n) is 2.29. The highest BCUT2D eigenvalue weighted by molar-refractivity contribution is 5.46. The van der Waals surface area contributed by atoms with Crippen molar-refractivity contribution in [2.24, 2.45) is 5.73 Å². The molecule has 129 valence electrons. The van der Waals surface area contributed by atoms with Crippen LogP contribution in [0.1, 0.15) is 18.4 Å². The van der Waals surface area contributed by atoms with Gasteiger partial charge in [0.15, 0.2) is 0 Å². The van der Waals surface area contributed by atoms with Crippen LogP contribution >= 0.6 is 0 Å². The van der Waals surface area contributed by atoms with E-state index in [1.165, 1.54) is 12.1 Å². The molecule has 0 spiro atoms. The highest BCUT2D eigenvalue weighted by atomic mass is 19.3. The van der Waals surface area contributed by atoms with Gasteiger partial charge in [-0.15, -0.1) is 10.2 Å². The molecule has 0 saturated heterocycles. The van der Waals surface area contributed by atoms with E-state index in [4.69, 9.17) is 10.2 Å². The first kappa shape index (κ1) is 17.0. The first-order valence-corrected chi connectivity index (χ1v) is 7.44. The van der Waals surface area contributed by atoms with Gasteiger partial charge in [0.25, 0.3) is 5.89 Å². The van der Waals surface area contributed by atoms with Gasteiger partial charge in [0.05, 0.1) is 5.54 Å². The fourth-order valence-corrected chi connectivity index (χ4v) is 2.29. The monoisotopic (exact) mass is 345 g/mol. The van der Waals surface area contributed by atoms with Gasteiger partial charge in [-0.1, -0.05) is 30.3 Å². The van der Waals surface area contributed by atoms with Gasteiger partial charge < -0.3 is 14.9 Å². The van der Waals surface area contributed by atoms with E-state index >= 15 is 0 Å². The van der Waals surface area contributed by atoms with Crippen LogP contribution in [0.5, 0.6) is 5.88 Å². The summed E-state index contributed by atoms with van der Waals surface area (Å²) < 4.78 is 34.4. The second kappa shape index (κ2) is 6.94. The quantitative estimate of drug-likeness (QED) is 0.739. The Morgan fingerprint density at radius 3 is 2.72 bits per heavy atom. The molecule has 2 heterocycles. The van der Waals surface area contributed by atoms with Crippen LogP contribution in [-0.2, 0) is 12.0 Å². The van der Waals surface area contributed by atoms with Crippen molar-refractivity contribution in [2.75, 3.05) is 0 Å². The third kappa shape index (κ3) is 4.16. The number of alkyl halides is 2. The zero-order valence-corrected chi connectivity index (χ0v) is 13.3. The summed E-state index contributed by atoms with van der Waals surface area (Å²) in [4.78, 5) is 3.89. The molecule has 2 N–H and O–H groups in total. The first-order valence-electron chi connectivity index (χ1n) is 7.44. The highest BCUT2D eigenvalue weighted by Crippen LogP contribution is 2.25. The van der Waals surface area contributed by atoms with Crippen molar-refractivity contribution in [1.29, 1.82) is 0 Å². The highest BCUT2D eigenvalue weighted by Gasteiger charge is 2.29. The van der Waals surface area contributed by atoms with E-state index < -0.39 is 12.2 Å². The third-order valence-corrected chi connectivity index (χ3v) is 3.41. The minimum atomic E-state index is -2.98. The minimum absolute atomic E-state index is 0.0516. The van der Waals surface area contributed by atoms with Gasteiger partial charge in [0, 0.05) is 6.07 Å². The Morgan fingerprint density at radius 1 is 1.24 bits per heavy atom. The molecule has 0 saturated carbocycles. The van der Waals surface area contributed by atoms with Gasteiger partial charge in [-0.2, -0.15) is 8.78 Å². The smallest absolute Gasteiger partial charge is 0.388 e. The van der Waals surface area contributed by atoms with Gasteiger partial charge in [0.1, 0.15) is 5.69 Å². The Hall–Kier alpha value is -2.87. The SMILES string of the molecule is C[C@@](N)(Cc1ccccc1)c1nnc(-c2c[c]cc(OC(F)F)n2)o1. The van der Waals surface area contributed by atoms with Crippen molar-refractivity contribution >= 4 is 0 Å². The lowest BCUT2D eigenvalue weighted by Gasteiger charge is -2.20. The number of hydrogen-bond acceptors (Lipinski definition) is 6. The summed E-state index contributed by atoms with van der Waals surface area (Å²) in [6.45, 7) is -1.21. The maximum absolute atomic E-state index is 12.3. The molecule has 3 aromatic rings.